The molecule has 1 atom stereocenters. The van der Waals surface area contributed by atoms with Crippen LogP contribution in [-0.2, 0) is 4.79 Å². The number of methoxy groups -OCH3 is 1. The Morgan fingerprint density at radius 1 is 1.19 bits per heavy atom. The van der Waals surface area contributed by atoms with Crippen LogP contribution in [0.3, 0.4) is 0 Å². The lowest BCUT2D eigenvalue weighted by atomic mass is 10.0. The van der Waals surface area contributed by atoms with Crippen LogP contribution < -0.4 is 10.1 Å². The molecule has 0 aliphatic carbocycles. The number of benzene rings is 1. The van der Waals surface area contributed by atoms with Crippen molar-refractivity contribution >= 4 is 5.91 Å². The van der Waals surface area contributed by atoms with Gasteiger partial charge in [0.05, 0.1) is 13.2 Å². The van der Waals surface area contributed by atoms with E-state index in [0.29, 0.717) is 11.3 Å². The SMILES string of the molecule is CCC(NC(=O)C(F)(F)C(F)(F)F)c1ccc(OC)cc1. The van der Waals surface area contributed by atoms with Gasteiger partial charge in [0.1, 0.15) is 5.75 Å². The van der Waals surface area contributed by atoms with E-state index in [2.05, 4.69) is 0 Å². The summed E-state index contributed by atoms with van der Waals surface area (Å²) < 4.78 is 67.0. The predicted octanol–water partition coefficient (Wildman–Crippen LogP) is 3.46. The van der Waals surface area contributed by atoms with E-state index in [1.165, 1.54) is 31.4 Å². The molecule has 0 spiro atoms. The second-order valence-corrected chi connectivity index (χ2v) is 4.28. The Bertz CT molecular complexity index is 484. The second-order valence-electron chi connectivity index (χ2n) is 4.28. The minimum atomic E-state index is -5.92. The summed E-state index contributed by atoms with van der Waals surface area (Å²) in [6.07, 6.45) is -5.76. The van der Waals surface area contributed by atoms with Gasteiger partial charge in [-0.05, 0) is 24.1 Å². The van der Waals surface area contributed by atoms with Gasteiger partial charge in [0, 0.05) is 0 Å². The molecule has 1 aromatic carbocycles. The first-order valence-electron chi connectivity index (χ1n) is 6.03. The van der Waals surface area contributed by atoms with Crippen LogP contribution in [-0.4, -0.2) is 25.1 Å². The van der Waals surface area contributed by atoms with Crippen molar-refractivity contribution in [3.63, 3.8) is 0 Å². The molecule has 0 aliphatic rings. The van der Waals surface area contributed by atoms with Gasteiger partial charge in [-0.3, -0.25) is 4.79 Å². The Morgan fingerprint density at radius 2 is 1.71 bits per heavy atom. The fraction of sp³-hybridized carbons (Fsp3) is 0.462. The summed E-state index contributed by atoms with van der Waals surface area (Å²) in [5, 5.41) is 1.72. The molecule has 8 heteroatoms. The van der Waals surface area contributed by atoms with Crippen molar-refractivity contribution in [2.24, 2.45) is 0 Å². The molecule has 0 aromatic heterocycles. The highest BCUT2D eigenvalue weighted by molar-refractivity contribution is 5.84. The van der Waals surface area contributed by atoms with Crippen molar-refractivity contribution in [3.05, 3.63) is 29.8 Å². The van der Waals surface area contributed by atoms with E-state index >= 15 is 0 Å². The highest BCUT2D eigenvalue weighted by Gasteiger charge is 2.63. The molecule has 0 bridgehead atoms. The predicted molar refractivity (Wildman–Crippen MR) is 65.2 cm³/mol. The van der Waals surface area contributed by atoms with Gasteiger partial charge < -0.3 is 10.1 Å². The van der Waals surface area contributed by atoms with Gasteiger partial charge in [-0.15, -0.1) is 0 Å². The van der Waals surface area contributed by atoms with E-state index in [0.717, 1.165) is 0 Å². The summed E-state index contributed by atoms with van der Waals surface area (Å²) in [6, 6.07) is 5.06. The number of carbonyl (C=O) groups excluding carboxylic acids is 1. The minimum Gasteiger partial charge on any atom is -0.497 e. The van der Waals surface area contributed by atoms with Gasteiger partial charge >= 0.3 is 18.0 Å². The molecule has 1 rings (SSSR count). The number of hydrogen-bond acceptors (Lipinski definition) is 2. The Labute approximate surface area is 118 Å². The Hall–Kier alpha value is -1.86. The fourth-order valence-corrected chi connectivity index (χ4v) is 1.63. The summed E-state index contributed by atoms with van der Waals surface area (Å²) in [6.45, 7) is 1.56. The molecule has 1 aromatic rings. The monoisotopic (exact) mass is 311 g/mol. The molecule has 1 amide bonds. The molecule has 0 saturated heterocycles. The van der Waals surface area contributed by atoms with Crippen LogP contribution >= 0.6 is 0 Å². The number of carbonyl (C=O) groups is 1. The van der Waals surface area contributed by atoms with Crippen molar-refractivity contribution in [1.82, 2.24) is 5.32 Å². The summed E-state index contributed by atoms with van der Waals surface area (Å²) >= 11 is 0. The van der Waals surface area contributed by atoms with Crippen LogP contribution in [0.25, 0.3) is 0 Å². The average Bonchev–Trinajstić information content (AvgIpc) is 2.43. The number of halogens is 5. The minimum absolute atomic E-state index is 0.159. The van der Waals surface area contributed by atoms with Crippen molar-refractivity contribution in [3.8, 4) is 5.75 Å². The van der Waals surface area contributed by atoms with Crippen molar-refractivity contribution in [2.45, 2.75) is 31.5 Å². The summed E-state index contributed by atoms with van der Waals surface area (Å²) in [5.41, 5.74) is 0.407. The van der Waals surface area contributed by atoms with Gasteiger partial charge in [-0.25, -0.2) is 0 Å². The maximum Gasteiger partial charge on any atom is 0.463 e. The van der Waals surface area contributed by atoms with E-state index in [1.807, 2.05) is 0 Å². The molecule has 0 radical (unpaired) electrons. The Balaban J connectivity index is 2.89. The molecular formula is C13H14F5NO2. The van der Waals surface area contributed by atoms with Gasteiger partial charge in [-0.2, -0.15) is 22.0 Å². The Morgan fingerprint density at radius 3 is 2.10 bits per heavy atom. The fourth-order valence-electron chi connectivity index (χ4n) is 1.63. The van der Waals surface area contributed by atoms with E-state index in [4.69, 9.17) is 4.74 Å². The molecular weight excluding hydrogens is 297 g/mol. The zero-order valence-corrected chi connectivity index (χ0v) is 11.3. The molecule has 0 saturated carbocycles. The average molecular weight is 311 g/mol. The largest absolute Gasteiger partial charge is 0.497 e. The third-order valence-electron chi connectivity index (χ3n) is 2.87. The molecule has 0 aliphatic heterocycles. The first kappa shape index (κ1) is 17.2. The Kier molecular flexibility index (Phi) is 5.14. The molecule has 0 heterocycles. The number of ether oxygens (including phenoxy) is 1. The van der Waals surface area contributed by atoms with Crippen molar-refractivity contribution in [1.29, 1.82) is 0 Å². The third kappa shape index (κ3) is 3.83. The van der Waals surface area contributed by atoms with Crippen LogP contribution in [0, 0.1) is 0 Å². The number of rotatable bonds is 5. The maximum atomic E-state index is 12.9. The number of alkyl halides is 5. The van der Waals surface area contributed by atoms with E-state index in [-0.39, 0.29) is 6.42 Å². The molecule has 118 valence electrons. The van der Waals surface area contributed by atoms with Crippen molar-refractivity contribution in [2.75, 3.05) is 7.11 Å². The van der Waals surface area contributed by atoms with Gasteiger partial charge in [0.25, 0.3) is 0 Å². The van der Waals surface area contributed by atoms with Crippen LogP contribution in [0.5, 0.6) is 5.75 Å². The van der Waals surface area contributed by atoms with Gasteiger partial charge in [0.15, 0.2) is 0 Å². The third-order valence-corrected chi connectivity index (χ3v) is 2.87. The summed E-state index contributed by atoms with van der Waals surface area (Å²) in [7, 11) is 1.43. The van der Waals surface area contributed by atoms with Crippen LogP contribution in [0.15, 0.2) is 24.3 Å². The van der Waals surface area contributed by atoms with Gasteiger partial charge in [-0.1, -0.05) is 19.1 Å². The maximum absolute atomic E-state index is 12.9. The van der Waals surface area contributed by atoms with E-state index in [9.17, 15) is 26.7 Å². The van der Waals surface area contributed by atoms with Crippen LogP contribution in [0.2, 0.25) is 0 Å². The lowest BCUT2D eigenvalue weighted by Gasteiger charge is -2.23. The lowest BCUT2D eigenvalue weighted by molar-refractivity contribution is -0.270. The standard InChI is InChI=1S/C13H14F5NO2/c1-3-10(8-4-6-9(21-2)7-5-8)19-11(20)12(14,15)13(16,17)18/h4-7,10H,3H2,1-2H3,(H,19,20). The number of amides is 1. The topological polar surface area (TPSA) is 38.3 Å². The molecule has 1 unspecified atom stereocenters. The highest BCUT2D eigenvalue weighted by Crippen LogP contribution is 2.36. The smallest absolute Gasteiger partial charge is 0.463 e. The van der Waals surface area contributed by atoms with E-state index in [1.54, 1.807) is 12.2 Å². The molecule has 0 fully saturated rings. The summed E-state index contributed by atoms with van der Waals surface area (Å²) in [5.74, 6) is -7.29. The van der Waals surface area contributed by atoms with Crippen LogP contribution in [0.1, 0.15) is 24.9 Å². The number of hydrogen-bond donors (Lipinski definition) is 1. The first-order chi connectivity index (χ1) is 9.63. The molecule has 21 heavy (non-hydrogen) atoms. The number of nitrogens with one attached hydrogen (secondary N) is 1. The quantitative estimate of drug-likeness (QED) is 0.846. The normalized spacial score (nSPS) is 13.7. The zero-order chi connectivity index (χ0) is 16.3. The van der Waals surface area contributed by atoms with E-state index < -0.39 is 24.0 Å². The lowest BCUT2D eigenvalue weighted by Crippen LogP contribution is -2.51. The molecule has 3 nitrogen and oxygen atoms in total. The van der Waals surface area contributed by atoms with Crippen molar-refractivity contribution < 1.29 is 31.5 Å². The van der Waals surface area contributed by atoms with Crippen LogP contribution in [0.4, 0.5) is 22.0 Å². The first-order valence-corrected chi connectivity index (χ1v) is 6.03. The van der Waals surface area contributed by atoms with Gasteiger partial charge in [0.2, 0.25) is 0 Å². The molecule has 1 N–H and O–H groups in total. The second kappa shape index (κ2) is 6.28. The summed E-state index contributed by atoms with van der Waals surface area (Å²) in [4.78, 5) is 11.2. The zero-order valence-electron chi connectivity index (χ0n) is 11.3. The highest BCUT2D eigenvalue weighted by atomic mass is 19.4.